The predicted molar refractivity (Wildman–Crippen MR) is 63.1 cm³/mol. The molecule has 0 atom stereocenters. The second-order valence-electron chi connectivity index (χ2n) is 3.25. The van der Waals surface area contributed by atoms with Crippen LogP contribution in [-0.2, 0) is 0 Å². The molecular formula is C11H8ClN3O2. The van der Waals surface area contributed by atoms with Crippen molar-refractivity contribution in [2.75, 3.05) is 5.32 Å². The molecule has 1 aromatic carbocycles. The first-order chi connectivity index (χ1) is 8.16. The van der Waals surface area contributed by atoms with Crippen molar-refractivity contribution in [3.8, 4) is 5.75 Å². The first kappa shape index (κ1) is 11.3. The minimum atomic E-state index is -0.346. The largest absolute Gasteiger partial charge is 0.506 e. The number of anilines is 1. The number of nitrogens with zero attached hydrogens (tertiary/aromatic N) is 2. The fraction of sp³-hybridized carbons (Fsp3) is 0. The number of rotatable bonds is 2. The van der Waals surface area contributed by atoms with Crippen molar-refractivity contribution in [3.63, 3.8) is 0 Å². The summed E-state index contributed by atoms with van der Waals surface area (Å²) in [7, 11) is 0. The first-order valence-corrected chi connectivity index (χ1v) is 5.09. The summed E-state index contributed by atoms with van der Waals surface area (Å²) >= 11 is 5.71. The number of phenolic OH excluding ortho intramolecular Hbond substituents is 1. The highest BCUT2D eigenvalue weighted by atomic mass is 35.5. The van der Waals surface area contributed by atoms with Gasteiger partial charge in [-0.25, -0.2) is 9.97 Å². The Labute approximate surface area is 102 Å². The van der Waals surface area contributed by atoms with E-state index in [0.717, 1.165) is 0 Å². The Balaban J connectivity index is 2.18. The molecule has 0 saturated heterocycles. The van der Waals surface area contributed by atoms with Crippen molar-refractivity contribution < 1.29 is 9.90 Å². The molecule has 0 aliphatic heterocycles. The number of halogens is 1. The van der Waals surface area contributed by atoms with Crippen LogP contribution in [0.4, 0.5) is 5.69 Å². The second-order valence-corrected chi connectivity index (χ2v) is 3.65. The van der Waals surface area contributed by atoms with Crippen LogP contribution in [0, 0.1) is 0 Å². The molecule has 0 unspecified atom stereocenters. The molecule has 1 heterocycles. The van der Waals surface area contributed by atoms with Crippen molar-refractivity contribution in [2.45, 2.75) is 0 Å². The topological polar surface area (TPSA) is 75.1 Å². The zero-order chi connectivity index (χ0) is 12.3. The van der Waals surface area contributed by atoms with E-state index < -0.39 is 0 Å². The van der Waals surface area contributed by atoms with Crippen LogP contribution in [-0.4, -0.2) is 21.0 Å². The van der Waals surface area contributed by atoms with Crippen LogP contribution < -0.4 is 5.32 Å². The maximum absolute atomic E-state index is 11.8. The van der Waals surface area contributed by atoms with Gasteiger partial charge < -0.3 is 10.4 Å². The van der Waals surface area contributed by atoms with E-state index in [1.54, 1.807) is 0 Å². The normalized spacial score (nSPS) is 9.94. The Kier molecular flexibility index (Phi) is 3.20. The lowest BCUT2D eigenvalue weighted by molar-refractivity contribution is 0.102. The van der Waals surface area contributed by atoms with Crippen LogP contribution in [0.15, 0.2) is 36.9 Å². The molecule has 1 amide bonds. The SMILES string of the molecule is O=C(Nc1cncnc1)c1ccc(O)c(Cl)c1. The molecule has 17 heavy (non-hydrogen) atoms. The maximum Gasteiger partial charge on any atom is 0.255 e. The molecule has 0 spiro atoms. The quantitative estimate of drug-likeness (QED) is 0.855. The molecule has 86 valence electrons. The number of aromatic hydroxyl groups is 1. The second kappa shape index (κ2) is 4.80. The van der Waals surface area contributed by atoms with Crippen molar-refractivity contribution >= 4 is 23.2 Å². The van der Waals surface area contributed by atoms with Gasteiger partial charge in [-0.1, -0.05) is 11.6 Å². The zero-order valence-corrected chi connectivity index (χ0v) is 9.35. The van der Waals surface area contributed by atoms with Crippen LogP contribution in [0.2, 0.25) is 5.02 Å². The average Bonchev–Trinajstić information content (AvgIpc) is 2.34. The van der Waals surface area contributed by atoms with Crippen molar-refractivity contribution in [3.05, 3.63) is 47.5 Å². The number of hydrogen-bond acceptors (Lipinski definition) is 4. The zero-order valence-electron chi connectivity index (χ0n) is 8.59. The lowest BCUT2D eigenvalue weighted by atomic mass is 10.2. The summed E-state index contributed by atoms with van der Waals surface area (Å²) in [6.45, 7) is 0. The number of hydrogen-bond donors (Lipinski definition) is 2. The highest BCUT2D eigenvalue weighted by molar-refractivity contribution is 6.32. The van der Waals surface area contributed by atoms with Crippen LogP contribution in [0.25, 0.3) is 0 Å². The number of carbonyl (C=O) groups excluding carboxylic acids is 1. The Morgan fingerprint density at radius 2 is 2.00 bits per heavy atom. The van der Waals surface area contributed by atoms with Gasteiger partial charge >= 0.3 is 0 Å². The molecule has 5 nitrogen and oxygen atoms in total. The van der Waals surface area contributed by atoms with Gasteiger partial charge in [-0.15, -0.1) is 0 Å². The minimum absolute atomic E-state index is 0.0636. The summed E-state index contributed by atoms with van der Waals surface area (Å²) in [6.07, 6.45) is 4.33. The molecule has 0 bridgehead atoms. The van der Waals surface area contributed by atoms with Crippen molar-refractivity contribution in [1.82, 2.24) is 9.97 Å². The summed E-state index contributed by atoms with van der Waals surface area (Å²) in [5.74, 6) is -0.409. The van der Waals surface area contributed by atoms with Gasteiger partial charge in [0.2, 0.25) is 0 Å². The standard InChI is InChI=1S/C11H8ClN3O2/c12-9-3-7(1-2-10(9)16)11(17)15-8-4-13-6-14-5-8/h1-6,16H,(H,15,17). The molecule has 6 heteroatoms. The summed E-state index contributed by atoms with van der Waals surface area (Å²) in [6, 6.07) is 4.22. The van der Waals surface area contributed by atoms with Crippen molar-refractivity contribution in [2.24, 2.45) is 0 Å². The molecular weight excluding hydrogens is 242 g/mol. The highest BCUT2D eigenvalue weighted by Gasteiger charge is 2.08. The minimum Gasteiger partial charge on any atom is -0.506 e. The molecule has 0 saturated carbocycles. The molecule has 0 fully saturated rings. The van der Waals surface area contributed by atoms with Crippen LogP contribution in [0.1, 0.15) is 10.4 Å². The molecule has 0 aliphatic rings. The summed E-state index contributed by atoms with van der Waals surface area (Å²) in [5, 5.41) is 12.0. The van der Waals surface area contributed by atoms with Gasteiger partial charge in [0, 0.05) is 5.56 Å². The van der Waals surface area contributed by atoms with Gasteiger partial charge in [-0.2, -0.15) is 0 Å². The van der Waals surface area contributed by atoms with Crippen molar-refractivity contribution in [1.29, 1.82) is 0 Å². The van der Waals surface area contributed by atoms with Crippen LogP contribution >= 0.6 is 11.6 Å². The fourth-order valence-corrected chi connectivity index (χ4v) is 1.40. The molecule has 0 radical (unpaired) electrons. The van der Waals surface area contributed by atoms with E-state index in [-0.39, 0.29) is 16.7 Å². The van der Waals surface area contributed by atoms with E-state index >= 15 is 0 Å². The van der Waals surface area contributed by atoms with E-state index in [9.17, 15) is 9.90 Å². The van der Waals surface area contributed by atoms with Gasteiger partial charge in [0.15, 0.2) is 0 Å². The van der Waals surface area contributed by atoms with Gasteiger partial charge in [-0.05, 0) is 18.2 Å². The Bertz CT molecular complexity index is 546. The smallest absolute Gasteiger partial charge is 0.255 e. The predicted octanol–water partition coefficient (Wildman–Crippen LogP) is 2.09. The third-order valence-corrected chi connectivity index (χ3v) is 2.33. The number of nitrogens with one attached hydrogen (secondary N) is 1. The Hall–Kier alpha value is -2.14. The lowest BCUT2D eigenvalue weighted by Crippen LogP contribution is -2.12. The van der Waals surface area contributed by atoms with Gasteiger partial charge in [0.25, 0.3) is 5.91 Å². The number of benzene rings is 1. The molecule has 0 aliphatic carbocycles. The van der Waals surface area contributed by atoms with Gasteiger partial charge in [0.05, 0.1) is 23.1 Å². The van der Waals surface area contributed by atoms with Crippen LogP contribution in [0.3, 0.4) is 0 Å². The molecule has 1 aromatic heterocycles. The number of aromatic nitrogens is 2. The van der Waals surface area contributed by atoms with E-state index in [0.29, 0.717) is 11.3 Å². The van der Waals surface area contributed by atoms with Gasteiger partial charge in [0.1, 0.15) is 12.1 Å². The first-order valence-electron chi connectivity index (χ1n) is 4.71. The summed E-state index contributed by atoms with van der Waals surface area (Å²) in [5.41, 5.74) is 0.832. The third kappa shape index (κ3) is 2.70. The van der Waals surface area contributed by atoms with E-state index in [1.165, 1.54) is 36.9 Å². The third-order valence-electron chi connectivity index (χ3n) is 2.03. The highest BCUT2D eigenvalue weighted by Crippen LogP contribution is 2.23. The van der Waals surface area contributed by atoms with E-state index in [4.69, 9.17) is 11.6 Å². The maximum atomic E-state index is 11.8. The Morgan fingerprint density at radius 1 is 1.29 bits per heavy atom. The van der Waals surface area contributed by atoms with E-state index in [2.05, 4.69) is 15.3 Å². The monoisotopic (exact) mass is 249 g/mol. The molecule has 2 rings (SSSR count). The number of amides is 1. The van der Waals surface area contributed by atoms with Gasteiger partial charge in [-0.3, -0.25) is 4.79 Å². The number of carbonyl (C=O) groups is 1. The summed E-state index contributed by atoms with van der Waals surface area (Å²) < 4.78 is 0. The molecule has 2 aromatic rings. The lowest BCUT2D eigenvalue weighted by Gasteiger charge is -2.05. The fourth-order valence-electron chi connectivity index (χ4n) is 1.22. The summed E-state index contributed by atoms with van der Waals surface area (Å²) in [4.78, 5) is 19.3. The Morgan fingerprint density at radius 3 is 2.65 bits per heavy atom. The van der Waals surface area contributed by atoms with E-state index in [1.807, 2.05) is 0 Å². The molecule has 2 N–H and O–H groups in total. The number of phenols is 1. The van der Waals surface area contributed by atoms with Crippen LogP contribution in [0.5, 0.6) is 5.75 Å². The average molecular weight is 250 g/mol.